The quantitative estimate of drug-likeness (QED) is 0.329. The number of nitrogens with one attached hydrogen (secondary N) is 1. The molecule has 0 saturated heterocycles. The fraction of sp³-hybridized carbons (Fsp3) is 0.276. The monoisotopic (exact) mass is 440 g/mol. The van der Waals surface area contributed by atoms with E-state index in [1.165, 1.54) is 38.3 Å². The number of nitrogens with zero attached hydrogens (tertiary/aromatic N) is 1. The summed E-state index contributed by atoms with van der Waals surface area (Å²) < 4.78 is 0. The lowest BCUT2D eigenvalue weighted by Crippen LogP contribution is -2.10. The van der Waals surface area contributed by atoms with E-state index in [4.69, 9.17) is 4.98 Å². The van der Waals surface area contributed by atoms with Gasteiger partial charge in [0.1, 0.15) is 0 Å². The molecule has 0 saturated carbocycles. The van der Waals surface area contributed by atoms with Gasteiger partial charge in [0.2, 0.25) is 0 Å². The molecule has 0 fully saturated rings. The molecule has 164 valence electrons. The molecule has 32 heavy (non-hydrogen) atoms. The summed E-state index contributed by atoms with van der Waals surface area (Å²) in [7, 11) is 0. The van der Waals surface area contributed by atoms with Crippen LogP contribution in [0.3, 0.4) is 0 Å². The molecule has 0 spiro atoms. The fourth-order valence-electron chi connectivity index (χ4n) is 3.68. The molecule has 0 radical (unpaired) electrons. The molecule has 0 unspecified atom stereocenters. The number of rotatable bonds is 6. The topological polar surface area (TPSA) is 24.9 Å². The van der Waals surface area contributed by atoms with E-state index in [-0.39, 0.29) is 5.41 Å². The van der Waals surface area contributed by atoms with Gasteiger partial charge in [0.15, 0.2) is 5.13 Å². The highest BCUT2D eigenvalue weighted by molar-refractivity contribution is 7.16. The summed E-state index contributed by atoms with van der Waals surface area (Å²) in [5.74, 6) is 0. The molecule has 0 bridgehead atoms. The van der Waals surface area contributed by atoms with Gasteiger partial charge in [0.05, 0.1) is 5.69 Å². The number of anilines is 1. The van der Waals surface area contributed by atoms with Gasteiger partial charge in [-0.25, -0.2) is 4.98 Å². The zero-order valence-electron chi connectivity index (χ0n) is 19.7. The Kier molecular flexibility index (Phi) is 6.48. The molecule has 4 aromatic rings. The molecule has 1 aromatic heterocycles. The molecule has 0 aliphatic rings. The summed E-state index contributed by atoms with van der Waals surface area (Å²) in [6.07, 6.45) is 0.889. The second-order valence-corrected chi connectivity index (χ2v) is 10.7. The second kappa shape index (κ2) is 9.30. The van der Waals surface area contributed by atoms with E-state index in [9.17, 15) is 0 Å². The van der Waals surface area contributed by atoms with Gasteiger partial charge in [-0.05, 0) is 36.0 Å². The smallest absolute Gasteiger partial charge is 0.183 e. The van der Waals surface area contributed by atoms with Crippen LogP contribution in [-0.4, -0.2) is 4.98 Å². The highest BCUT2D eigenvalue weighted by Gasteiger charge is 2.17. The van der Waals surface area contributed by atoms with Gasteiger partial charge in [-0.15, -0.1) is 11.3 Å². The average molecular weight is 441 g/mol. The van der Waals surface area contributed by atoms with Crippen molar-refractivity contribution in [2.45, 2.75) is 53.0 Å². The third kappa shape index (κ3) is 5.46. The molecule has 0 aliphatic heterocycles. The number of aromatic nitrogens is 1. The summed E-state index contributed by atoms with van der Waals surface area (Å²) in [5, 5.41) is 4.52. The Labute approximate surface area is 196 Å². The summed E-state index contributed by atoms with van der Waals surface area (Å²) in [4.78, 5) is 6.32. The SMILES string of the molecule is Cc1ccc(CNc2nc(-c3ccc(C(C)(C)C)cc3)c(Cc3ccc(C)cc3)s2)cc1. The van der Waals surface area contributed by atoms with Gasteiger partial charge < -0.3 is 5.32 Å². The maximum atomic E-state index is 5.03. The first-order valence-corrected chi connectivity index (χ1v) is 12.1. The maximum absolute atomic E-state index is 5.03. The normalized spacial score (nSPS) is 11.5. The van der Waals surface area contributed by atoms with Crippen LogP contribution in [0.5, 0.6) is 0 Å². The van der Waals surface area contributed by atoms with Gasteiger partial charge in [0.25, 0.3) is 0 Å². The number of hydrogen-bond donors (Lipinski definition) is 1. The minimum atomic E-state index is 0.145. The number of thiazole rings is 1. The average Bonchev–Trinajstić information content (AvgIpc) is 3.17. The van der Waals surface area contributed by atoms with E-state index in [1.54, 1.807) is 11.3 Å². The molecule has 3 aromatic carbocycles. The lowest BCUT2D eigenvalue weighted by atomic mass is 9.86. The van der Waals surface area contributed by atoms with Crippen molar-refractivity contribution in [3.05, 3.63) is 105 Å². The van der Waals surface area contributed by atoms with Crippen molar-refractivity contribution in [3.63, 3.8) is 0 Å². The van der Waals surface area contributed by atoms with Crippen LogP contribution in [0.2, 0.25) is 0 Å². The van der Waals surface area contributed by atoms with Crippen molar-refractivity contribution in [2.24, 2.45) is 0 Å². The Morgan fingerprint density at radius 2 is 1.31 bits per heavy atom. The predicted molar refractivity (Wildman–Crippen MR) is 139 cm³/mol. The maximum Gasteiger partial charge on any atom is 0.183 e. The molecule has 4 rings (SSSR count). The summed E-state index contributed by atoms with van der Waals surface area (Å²) >= 11 is 1.76. The van der Waals surface area contributed by atoms with Crippen molar-refractivity contribution >= 4 is 16.5 Å². The Balaban J connectivity index is 1.63. The van der Waals surface area contributed by atoms with Crippen LogP contribution in [0.4, 0.5) is 5.13 Å². The Morgan fingerprint density at radius 1 is 0.750 bits per heavy atom. The van der Waals surface area contributed by atoms with Crippen LogP contribution in [0, 0.1) is 13.8 Å². The first-order chi connectivity index (χ1) is 15.3. The summed E-state index contributed by atoms with van der Waals surface area (Å²) in [6, 6.07) is 26.4. The van der Waals surface area contributed by atoms with E-state index < -0.39 is 0 Å². The minimum Gasteiger partial charge on any atom is -0.357 e. The number of aryl methyl sites for hydroxylation is 2. The first-order valence-electron chi connectivity index (χ1n) is 11.2. The van der Waals surface area contributed by atoms with Gasteiger partial charge in [0, 0.05) is 23.4 Å². The van der Waals surface area contributed by atoms with Gasteiger partial charge in [-0.2, -0.15) is 0 Å². The van der Waals surface area contributed by atoms with Crippen molar-refractivity contribution in [2.75, 3.05) is 5.32 Å². The van der Waals surface area contributed by atoms with Crippen LogP contribution in [0.25, 0.3) is 11.3 Å². The highest BCUT2D eigenvalue weighted by Crippen LogP contribution is 2.34. The molecule has 0 amide bonds. The minimum absolute atomic E-state index is 0.145. The van der Waals surface area contributed by atoms with Crippen LogP contribution in [0.1, 0.15) is 53.5 Å². The third-order valence-corrected chi connectivity index (χ3v) is 6.78. The standard InChI is InChI=1S/C29H32N2S/c1-20-6-10-22(11-7-20)18-26-27(24-14-16-25(17-15-24)29(3,4)5)31-28(32-26)30-19-23-12-8-21(2)9-13-23/h6-17H,18-19H2,1-5H3,(H,30,31). The third-order valence-electron chi connectivity index (χ3n) is 5.77. The lowest BCUT2D eigenvalue weighted by molar-refractivity contribution is 0.590. The van der Waals surface area contributed by atoms with Crippen LogP contribution in [-0.2, 0) is 18.4 Å². The van der Waals surface area contributed by atoms with Crippen molar-refractivity contribution in [3.8, 4) is 11.3 Å². The van der Waals surface area contributed by atoms with E-state index in [0.29, 0.717) is 0 Å². The highest BCUT2D eigenvalue weighted by atomic mass is 32.1. The van der Waals surface area contributed by atoms with Gasteiger partial charge in [-0.1, -0.05) is 105 Å². The largest absolute Gasteiger partial charge is 0.357 e. The van der Waals surface area contributed by atoms with Crippen molar-refractivity contribution < 1.29 is 0 Å². The van der Waals surface area contributed by atoms with E-state index >= 15 is 0 Å². The zero-order valence-corrected chi connectivity index (χ0v) is 20.5. The zero-order chi connectivity index (χ0) is 22.7. The van der Waals surface area contributed by atoms with E-state index in [1.807, 2.05) is 0 Å². The second-order valence-electron chi connectivity index (χ2n) is 9.62. The Morgan fingerprint density at radius 3 is 1.88 bits per heavy atom. The molecular formula is C29H32N2S. The molecule has 0 aliphatic carbocycles. The van der Waals surface area contributed by atoms with Crippen molar-refractivity contribution in [1.82, 2.24) is 4.98 Å². The first kappa shape index (κ1) is 22.3. The number of hydrogen-bond acceptors (Lipinski definition) is 3. The fourth-order valence-corrected chi connectivity index (χ4v) is 4.69. The van der Waals surface area contributed by atoms with Gasteiger partial charge >= 0.3 is 0 Å². The Bertz CT molecular complexity index is 1160. The Hall–Kier alpha value is -2.91. The van der Waals surface area contributed by atoms with Crippen LogP contribution >= 0.6 is 11.3 Å². The van der Waals surface area contributed by atoms with Crippen LogP contribution in [0.15, 0.2) is 72.8 Å². The molecule has 3 heteroatoms. The molecular weight excluding hydrogens is 408 g/mol. The van der Waals surface area contributed by atoms with Gasteiger partial charge in [-0.3, -0.25) is 0 Å². The predicted octanol–water partition coefficient (Wildman–Crippen LogP) is 7.93. The molecule has 1 N–H and O–H groups in total. The summed E-state index contributed by atoms with van der Waals surface area (Å²) in [5.41, 5.74) is 8.91. The van der Waals surface area contributed by atoms with E-state index in [2.05, 4.69) is 113 Å². The summed E-state index contributed by atoms with van der Waals surface area (Å²) in [6.45, 7) is 11.8. The molecule has 1 heterocycles. The lowest BCUT2D eigenvalue weighted by Gasteiger charge is -2.19. The van der Waals surface area contributed by atoms with E-state index in [0.717, 1.165) is 23.8 Å². The molecule has 0 atom stereocenters. The molecule has 2 nitrogen and oxygen atoms in total. The van der Waals surface area contributed by atoms with Crippen LogP contribution < -0.4 is 5.32 Å². The van der Waals surface area contributed by atoms with Crippen molar-refractivity contribution in [1.29, 1.82) is 0 Å². The number of benzene rings is 3.